The van der Waals surface area contributed by atoms with Crippen LogP contribution in [0.1, 0.15) is 13.8 Å². The Balaban J connectivity index is 3.16. The van der Waals surface area contributed by atoms with E-state index >= 15 is 0 Å². The Morgan fingerprint density at radius 1 is 1.78 bits per heavy atom. The highest BCUT2D eigenvalue weighted by atomic mass is 16.3. The molecule has 0 fully saturated rings. The molecule has 1 unspecified atom stereocenters. The summed E-state index contributed by atoms with van der Waals surface area (Å²) in [5, 5.41) is 11.6. The molecule has 0 amide bonds. The molecule has 0 aromatic heterocycles. The Kier molecular flexibility index (Phi) is 4.36. The van der Waals surface area contributed by atoms with Crippen molar-refractivity contribution in [3.8, 4) is 0 Å². The van der Waals surface area contributed by atoms with Crippen molar-refractivity contribution >= 4 is 0 Å². The van der Waals surface area contributed by atoms with Gasteiger partial charge in [-0.25, -0.2) is 0 Å². The first-order chi connectivity index (χ1) is 4.16. The zero-order valence-corrected chi connectivity index (χ0v) is 6.15. The number of nitrogens with one attached hydrogen (secondary N) is 1. The standard InChI is InChI=1S/C7H15NO/c1-6(2)4-8-7(3)5-9/h7-9H,1,4-5H2,2-3H3. The average Bonchev–Trinajstić information content (AvgIpc) is 1.83. The van der Waals surface area contributed by atoms with Crippen LogP contribution in [-0.4, -0.2) is 24.3 Å². The molecule has 0 spiro atoms. The highest BCUT2D eigenvalue weighted by Crippen LogP contribution is 1.84. The van der Waals surface area contributed by atoms with E-state index in [2.05, 4.69) is 11.9 Å². The Bertz CT molecular complexity index is 90.9. The lowest BCUT2D eigenvalue weighted by Crippen LogP contribution is -2.30. The first-order valence-electron chi connectivity index (χ1n) is 3.15. The van der Waals surface area contributed by atoms with Gasteiger partial charge in [0.05, 0.1) is 6.61 Å². The molecule has 0 radical (unpaired) electrons. The van der Waals surface area contributed by atoms with Crippen molar-refractivity contribution in [1.82, 2.24) is 5.32 Å². The Hall–Kier alpha value is -0.340. The summed E-state index contributed by atoms with van der Waals surface area (Å²) < 4.78 is 0. The van der Waals surface area contributed by atoms with Crippen LogP contribution in [0.3, 0.4) is 0 Å². The Morgan fingerprint density at radius 2 is 2.33 bits per heavy atom. The fourth-order valence-electron chi connectivity index (χ4n) is 0.413. The molecule has 0 heterocycles. The lowest BCUT2D eigenvalue weighted by molar-refractivity contribution is 0.254. The Morgan fingerprint density at radius 3 is 2.67 bits per heavy atom. The summed E-state index contributed by atoms with van der Waals surface area (Å²) in [4.78, 5) is 0. The number of aliphatic hydroxyl groups excluding tert-OH is 1. The summed E-state index contributed by atoms with van der Waals surface area (Å²) in [5.74, 6) is 0. The molecular formula is C7H15NO. The highest BCUT2D eigenvalue weighted by molar-refractivity contribution is 4.91. The van der Waals surface area contributed by atoms with Crippen molar-refractivity contribution in [3.63, 3.8) is 0 Å². The molecule has 2 heteroatoms. The number of hydrogen-bond donors (Lipinski definition) is 2. The van der Waals surface area contributed by atoms with Crippen LogP contribution in [0.4, 0.5) is 0 Å². The van der Waals surface area contributed by atoms with Crippen LogP contribution in [0.25, 0.3) is 0 Å². The fourth-order valence-corrected chi connectivity index (χ4v) is 0.413. The third-order valence-electron chi connectivity index (χ3n) is 1.03. The predicted molar refractivity (Wildman–Crippen MR) is 39.4 cm³/mol. The van der Waals surface area contributed by atoms with Crippen molar-refractivity contribution in [2.45, 2.75) is 19.9 Å². The summed E-state index contributed by atoms with van der Waals surface area (Å²) in [6.07, 6.45) is 0. The first-order valence-corrected chi connectivity index (χ1v) is 3.15. The second kappa shape index (κ2) is 4.53. The van der Waals surface area contributed by atoms with Crippen molar-refractivity contribution < 1.29 is 5.11 Å². The lowest BCUT2D eigenvalue weighted by atomic mass is 10.3. The molecule has 2 N–H and O–H groups in total. The fraction of sp³-hybridized carbons (Fsp3) is 0.714. The van der Waals surface area contributed by atoms with Crippen LogP contribution >= 0.6 is 0 Å². The summed E-state index contributed by atoms with van der Waals surface area (Å²) >= 11 is 0. The zero-order valence-electron chi connectivity index (χ0n) is 6.15. The molecule has 0 bridgehead atoms. The third kappa shape index (κ3) is 5.53. The maximum atomic E-state index is 8.56. The van der Waals surface area contributed by atoms with Gasteiger partial charge in [0.1, 0.15) is 0 Å². The summed E-state index contributed by atoms with van der Waals surface area (Å²) in [5.41, 5.74) is 1.09. The van der Waals surface area contributed by atoms with E-state index in [0.717, 1.165) is 12.1 Å². The second-order valence-corrected chi connectivity index (χ2v) is 2.42. The third-order valence-corrected chi connectivity index (χ3v) is 1.03. The Labute approximate surface area is 56.6 Å². The predicted octanol–water partition coefficient (Wildman–Crippen LogP) is 0.533. The molecule has 0 aromatic carbocycles. The summed E-state index contributed by atoms with van der Waals surface area (Å²) in [7, 11) is 0. The molecule has 9 heavy (non-hydrogen) atoms. The van der Waals surface area contributed by atoms with Gasteiger partial charge in [0.25, 0.3) is 0 Å². The van der Waals surface area contributed by atoms with Crippen molar-refractivity contribution in [2.75, 3.05) is 13.2 Å². The van der Waals surface area contributed by atoms with E-state index in [0.29, 0.717) is 0 Å². The van der Waals surface area contributed by atoms with Crippen LogP contribution in [0.5, 0.6) is 0 Å². The van der Waals surface area contributed by atoms with Gasteiger partial charge < -0.3 is 10.4 Å². The summed E-state index contributed by atoms with van der Waals surface area (Å²) in [6, 6.07) is 0.182. The molecule has 0 aliphatic carbocycles. The zero-order chi connectivity index (χ0) is 7.28. The van der Waals surface area contributed by atoms with E-state index in [1.807, 2.05) is 13.8 Å². The van der Waals surface area contributed by atoms with Gasteiger partial charge in [0.15, 0.2) is 0 Å². The van der Waals surface area contributed by atoms with Gasteiger partial charge in [0, 0.05) is 12.6 Å². The first kappa shape index (κ1) is 8.66. The molecule has 0 rings (SSSR count). The molecule has 0 aliphatic rings. The van der Waals surface area contributed by atoms with Gasteiger partial charge in [0.2, 0.25) is 0 Å². The number of aliphatic hydroxyl groups is 1. The van der Waals surface area contributed by atoms with Crippen molar-refractivity contribution in [3.05, 3.63) is 12.2 Å². The van der Waals surface area contributed by atoms with E-state index in [-0.39, 0.29) is 12.6 Å². The monoisotopic (exact) mass is 129 g/mol. The van der Waals surface area contributed by atoms with Crippen LogP contribution in [0, 0.1) is 0 Å². The molecule has 0 saturated carbocycles. The molecule has 2 nitrogen and oxygen atoms in total. The largest absolute Gasteiger partial charge is 0.395 e. The van der Waals surface area contributed by atoms with Gasteiger partial charge >= 0.3 is 0 Å². The van der Waals surface area contributed by atoms with Crippen LogP contribution in [0.2, 0.25) is 0 Å². The normalized spacial score (nSPS) is 13.2. The topological polar surface area (TPSA) is 32.3 Å². The molecule has 0 aliphatic heterocycles. The summed E-state index contributed by atoms with van der Waals surface area (Å²) in [6.45, 7) is 8.59. The minimum atomic E-state index is 0.182. The van der Waals surface area contributed by atoms with E-state index < -0.39 is 0 Å². The van der Waals surface area contributed by atoms with Gasteiger partial charge in [-0.3, -0.25) is 0 Å². The van der Waals surface area contributed by atoms with E-state index in [9.17, 15) is 0 Å². The smallest absolute Gasteiger partial charge is 0.0582 e. The molecule has 1 atom stereocenters. The number of rotatable bonds is 4. The minimum absolute atomic E-state index is 0.182. The van der Waals surface area contributed by atoms with E-state index in [4.69, 9.17) is 5.11 Å². The van der Waals surface area contributed by atoms with Crippen molar-refractivity contribution in [1.29, 1.82) is 0 Å². The number of hydrogen-bond acceptors (Lipinski definition) is 2. The van der Waals surface area contributed by atoms with Gasteiger partial charge in [-0.1, -0.05) is 12.2 Å². The van der Waals surface area contributed by atoms with Gasteiger partial charge in [-0.2, -0.15) is 0 Å². The van der Waals surface area contributed by atoms with E-state index in [1.165, 1.54) is 0 Å². The van der Waals surface area contributed by atoms with Crippen LogP contribution in [0.15, 0.2) is 12.2 Å². The maximum Gasteiger partial charge on any atom is 0.0582 e. The SMILES string of the molecule is C=C(C)CNC(C)CO. The highest BCUT2D eigenvalue weighted by Gasteiger charge is 1.95. The molecular weight excluding hydrogens is 114 g/mol. The van der Waals surface area contributed by atoms with E-state index in [1.54, 1.807) is 0 Å². The van der Waals surface area contributed by atoms with Crippen LogP contribution < -0.4 is 5.32 Å². The van der Waals surface area contributed by atoms with Crippen molar-refractivity contribution in [2.24, 2.45) is 0 Å². The van der Waals surface area contributed by atoms with Gasteiger partial charge in [-0.05, 0) is 13.8 Å². The quantitative estimate of drug-likeness (QED) is 0.543. The minimum Gasteiger partial charge on any atom is -0.395 e. The molecule has 54 valence electrons. The maximum absolute atomic E-state index is 8.56. The van der Waals surface area contributed by atoms with Gasteiger partial charge in [-0.15, -0.1) is 0 Å². The molecule has 0 saturated heterocycles. The van der Waals surface area contributed by atoms with Crippen LogP contribution in [-0.2, 0) is 0 Å². The molecule has 0 aromatic rings. The second-order valence-electron chi connectivity index (χ2n) is 2.42. The average molecular weight is 129 g/mol. The lowest BCUT2D eigenvalue weighted by Gasteiger charge is -2.09.